The minimum atomic E-state index is -1.27. The van der Waals surface area contributed by atoms with Gasteiger partial charge >= 0.3 is 12.1 Å². The molecular formula is C35H49ClN2O7Si. The topological polar surface area (TPSA) is 117 Å². The van der Waals surface area contributed by atoms with Crippen LogP contribution in [0.1, 0.15) is 92.7 Å². The maximum atomic E-state index is 13.6. The van der Waals surface area contributed by atoms with E-state index in [1.54, 1.807) is 6.92 Å². The van der Waals surface area contributed by atoms with Crippen LogP contribution in [0.2, 0.25) is 10.1 Å². The van der Waals surface area contributed by atoms with Crippen LogP contribution in [0.5, 0.6) is 5.75 Å². The molecule has 2 unspecified atom stereocenters. The maximum Gasteiger partial charge on any atom is 0.413 e. The first kappa shape index (κ1) is 37.5. The minimum absolute atomic E-state index is 0.0415. The molecule has 0 saturated heterocycles. The van der Waals surface area contributed by atoms with Crippen LogP contribution in [0.4, 0.5) is 10.5 Å². The number of nitrogens with one attached hydrogen (secondary N) is 1. The van der Waals surface area contributed by atoms with E-state index in [0.717, 1.165) is 18.4 Å². The molecule has 1 saturated carbocycles. The highest BCUT2D eigenvalue weighted by Gasteiger charge is 2.54. The summed E-state index contributed by atoms with van der Waals surface area (Å²) in [5.74, 6) is -1.01. The minimum Gasteiger partial charge on any atom is -0.469 e. The van der Waals surface area contributed by atoms with Crippen molar-refractivity contribution in [3.05, 3.63) is 68.7 Å². The highest BCUT2D eigenvalue weighted by Crippen LogP contribution is 2.51. The molecule has 0 spiro atoms. The highest BCUT2D eigenvalue weighted by molar-refractivity contribution is 6.32. The number of carbonyl (C=O) groups is 2. The summed E-state index contributed by atoms with van der Waals surface area (Å²) in [5, 5.41) is 14.6. The van der Waals surface area contributed by atoms with E-state index < -0.39 is 28.4 Å². The Hall–Kier alpha value is -2.95. The van der Waals surface area contributed by atoms with Crippen molar-refractivity contribution < 1.29 is 28.4 Å². The number of ether oxygens (including phenoxy) is 2. The van der Waals surface area contributed by atoms with Crippen LogP contribution in [0.3, 0.4) is 0 Å². The smallest absolute Gasteiger partial charge is 0.413 e. The molecule has 0 aliphatic heterocycles. The molecule has 9 nitrogen and oxygen atoms in total. The SMILES string of the molecule is COC(=O)C(C1CC(C(C)(C)O[Si]C(C)(C)C)C1)C(C)(NC(=O)Oc1ccc([N+](=O)[O-])cc1)c1ccc(CCC(C)(C)C)c(Cl)c1. The van der Waals surface area contributed by atoms with Gasteiger partial charge in [0.05, 0.1) is 29.1 Å². The number of rotatable bonds is 12. The van der Waals surface area contributed by atoms with Gasteiger partial charge in [-0.15, -0.1) is 0 Å². The lowest BCUT2D eigenvalue weighted by atomic mass is 9.58. The Bertz CT molecular complexity index is 1400. The zero-order valence-electron chi connectivity index (χ0n) is 28.8. The fourth-order valence-electron chi connectivity index (χ4n) is 5.79. The van der Waals surface area contributed by atoms with E-state index in [-0.39, 0.29) is 39.3 Å². The number of halogens is 1. The zero-order valence-corrected chi connectivity index (χ0v) is 30.5. The van der Waals surface area contributed by atoms with E-state index in [4.69, 9.17) is 25.5 Å². The summed E-state index contributed by atoms with van der Waals surface area (Å²) in [4.78, 5) is 37.6. The number of hydrogen-bond donors (Lipinski definition) is 1. The number of hydrogen-bond acceptors (Lipinski definition) is 7. The third-order valence-electron chi connectivity index (χ3n) is 8.74. The zero-order chi connectivity index (χ0) is 34.7. The quantitative estimate of drug-likeness (QED) is 0.104. The van der Waals surface area contributed by atoms with Gasteiger partial charge in [-0.2, -0.15) is 0 Å². The van der Waals surface area contributed by atoms with Crippen molar-refractivity contribution in [1.29, 1.82) is 0 Å². The molecule has 252 valence electrons. The summed E-state index contributed by atoms with van der Waals surface area (Å²) in [6.45, 7) is 18.9. The van der Waals surface area contributed by atoms with Crippen molar-refractivity contribution in [1.82, 2.24) is 5.32 Å². The average molecular weight is 673 g/mol. The van der Waals surface area contributed by atoms with Gasteiger partial charge in [-0.3, -0.25) is 14.9 Å². The van der Waals surface area contributed by atoms with E-state index in [1.165, 1.54) is 31.4 Å². The molecule has 1 amide bonds. The lowest BCUT2D eigenvalue weighted by Gasteiger charge is -2.51. The Morgan fingerprint density at radius 1 is 1.02 bits per heavy atom. The van der Waals surface area contributed by atoms with Crippen molar-refractivity contribution in [3.63, 3.8) is 0 Å². The number of carbonyl (C=O) groups excluding carboxylic acids is 2. The van der Waals surface area contributed by atoms with Gasteiger partial charge in [-0.1, -0.05) is 65.3 Å². The standard InChI is InChI=1S/C35H49ClN2O7Si/c1-32(2,3)18-17-22-11-12-24(21-28(22)36)35(9,37-31(40)44-27-15-13-26(14-16-27)38(41)42)29(30(39)43-10)23-19-25(20-23)34(7,8)45-46-33(4,5)6/h11-16,21,23,25,29H,17-20H2,1-10H3,(H,37,40). The number of nitro benzene ring substituents is 1. The van der Waals surface area contributed by atoms with Gasteiger partial charge in [0.2, 0.25) is 9.76 Å². The summed E-state index contributed by atoms with van der Waals surface area (Å²) in [6.07, 6.45) is 2.31. The van der Waals surface area contributed by atoms with Gasteiger partial charge in [0, 0.05) is 17.2 Å². The molecule has 2 radical (unpaired) electrons. The number of esters is 1. The third-order valence-corrected chi connectivity index (χ3v) is 10.3. The van der Waals surface area contributed by atoms with Gasteiger partial charge in [0.1, 0.15) is 5.75 Å². The summed E-state index contributed by atoms with van der Waals surface area (Å²) < 4.78 is 17.3. The number of nitro groups is 1. The highest BCUT2D eigenvalue weighted by atomic mass is 35.5. The number of methoxy groups -OCH3 is 1. The third kappa shape index (κ3) is 9.78. The molecule has 3 rings (SSSR count). The van der Waals surface area contributed by atoms with Crippen LogP contribution >= 0.6 is 11.6 Å². The molecule has 0 aromatic heterocycles. The Morgan fingerprint density at radius 3 is 2.13 bits per heavy atom. The molecule has 46 heavy (non-hydrogen) atoms. The number of nitrogens with zero attached hydrogens (tertiary/aromatic N) is 1. The summed E-state index contributed by atoms with van der Waals surface area (Å²) >= 11 is 6.84. The van der Waals surface area contributed by atoms with E-state index >= 15 is 0 Å². The Balaban J connectivity index is 1.97. The normalized spacial score (nSPS) is 18.9. The van der Waals surface area contributed by atoms with Crippen molar-refractivity contribution >= 4 is 39.1 Å². The van der Waals surface area contributed by atoms with Crippen LogP contribution in [0, 0.1) is 33.3 Å². The van der Waals surface area contributed by atoms with Crippen LogP contribution in [-0.4, -0.2) is 39.5 Å². The summed E-state index contributed by atoms with van der Waals surface area (Å²) in [6, 6.07) is 10.9. The second-order valence-electron chi connectivity index (χ2n) is 15.3. The summed E-state index contributed by atoms with van der Waals surface area (Å²) in [7, 11) is 1.68. The molecule has 2 atom stereocenters. The molecular weight excluding hydrogens is 624 g/mol. The molecule has 1 N–H and O–H groups in total. The Labute approximate surface area is 281 Å². The van der Waals surface area contributed by atoms with Crippen LogP contribution in [-0.2, 0) is 25.9 Å². The van der Waals surface area contributed by atoms with Crippen LogP contribution < -0.4 is 10.1 Å². The van der Waals surface area contributed by atoms with Crippen LogP contribution in [0.25, 0.3) is 0 Å². The molecule has 0 bridgehead atoms. The van der Waals surface area contributed by atoms with Gasteiger partial charge in [0.15, 0.2) is 0 Å². The molecule has 1 fully saturated rings. The van der Waals surface area contributed by atoms with Crippen molar-refractivity contribution in [3.8, 4) is 5.75 Å². The van der Waals surface area contributed by atoms with E-state index in [0.29, 0.717) is 33.2 Å². The van der Waals surface area contributed by atoms with Crippen molar-refractivity contribution in [2.24, 2.45) is 23.2 Å². The molecule has 1 aliphatic carbocycles. The lowest BCUT2D eigenvalue weighted by molar-refractivity contribution is -0.384. The molecule has 0 heterocycles. The maximum absolute atomic E-state index is 13.6. The van der Waals surface area contributed by atoms with Gasteiger partial charge < -0.3 is 19.2 Å². The molecule has 1 aliphatic rings. The fourth-order valence-corrected chi connectivity index (χ4v) is 6.80. The number of amides is 1. The first-order valence-corrected chi connectivity index (χ1v) is 17.0. The predicted molar refractivity (Wildman–Crippen MR) is 181 cm³/mol. The summed E-state index contributed by atoms with van der Waals surface area (Å²) in [5.41, 5.74) is -0.0421. The van der Waals surface area contributed by atoms with Gasteiger partial charge in [0.25, 0.3) is 5.69 Å². The molecule has 2 aromatic carbocycles. The van der Waals surface area contributed by atoms with Gasteiger partial charge in [-0.25, -0.2) is 4.79 Å². The number of aryl methyl sites for hydroxylation is 1. The first-order valence-electron chi connectivity index (χ1n) is 15.7. The van der Waals surface area contributed by atoms with Crippen LogP contribution in [0.15, 0.2) is 42.5 Å². The Kier molecular flexibility index (Phi) is 11.8. The second-order valence-corrected chi connectivity index (χ2v) is 17.6. The molecule has 11 heteroatoms. The predicted octanol–water partition coefficient (Wildman–Crippen LogP) is 8.68. The van der Waals surface area contributed by atoms with Crippen molar-refractivity contribution in [2.75, 3.05) is 7.11 Å². The van der Waals surface area contributed by atoms with Gasteiger partial charge in [-0.05, 0) is 98.1 Å². The van der Waals surface area contributed by atoms with E-state index in [2.05, 4.69) is 60.7 Å². The Morgan fingerprint density at radius 2 is 1.63 bits per heavy atom. The molecule has 2 aromatic rings. The van der Waals surface area contributed by atoms with E-state index in [9.17, 15) is 19.7 Å². The first-order chi connectivity index (χ1) is 21.1. The largest absolute Gasteiger partial charge is 0.469 e. The number of non-ortho nitro benzene ring substituents is 1. The second kappa shape index (κ2) is 14.4. The average Bonchev–Trinajstić information content (AvgIpc) is 2.91. The monoisotopic (exact) mass is 672 g/mol. The fraction of sp³-hybridized carbons (Fsp3) is 0.600. The van der Waals surface area contributed by atoms with Crippen molar-refractivity contribution in [2.45, 2.75) is 104 Å². The lowest BCUT2D eigenvalue weighted by Crippen LogP contribution is -2.58. The number of benzene rings is 2. The van der Waals surface area contributed by atoms with E-state index in [1.807, 2.05) is 18.2 Å².